The van der Waals surface area contributed by atoms with Gasteiger partial charge in [-0.15, -0.1) is 0 Å². The van der Waals surface area contributed by atoms with Crippen molar-refractivity contribution in [3.05, 3.63) is 0 Å². The van der Waals surface area contributed by atoms with Crippen molar-refractivity contribution in [2.75, 3.05) is 34.0 Å². The number of hydrogen-bond acceptors (Lipinski definition) is 4. The second-order valence-electron chi connectivity index (χ2n) is 4.82. The minimum absolute atomic E-state index is 0.00489. The molecule has 0 aromatic rings. The highest BCUT2D eigenvalue weighted by Gasteiger charge is 2.23. The van der Waals surface area contributed by atoms with Crippen LogP contribution >= 0.6 is 0 Å². The first-order valence-electron chi connectivity index (χ1n) is 5.96. The van der Waals surface area contributed by atoms with Crippen LogP contribution in [-0.4, -0.2) is 51.5 Å². The van der Waals surface area contributed by atoms with Gasteiger partial charge in [-0.3, -0.25) is 10.1 Å². The van der Waals surface area contributed by atoms with E-state index in [4.69, 9.17) is 9.47 Å². The van der Waals surface area contributed by atoms with E-state index in [1.807, 2.05) is 20.8 Å². The van der Waals surface area contributed by atoms with Gasteiger partial charge in [0, 0.05) is 32.9 Å². The standard InChI is InChI=1S/C12H26N2O3/c1-10(14-12(2,3)9-17-5)11(15)13-7-6-8-16-4/h10,14H,6-9H2,1-5H3,(H,13,15). The Labute approximate surface area is 104 Å². The molecular weight excluding hydrogens is 220 g/mol. The molecule has 0 aromatic carbocycles. The number of carbonyl (C=O) groups is 1. The zero-order chi connectivity index (χ0) is 13.3. The van der Waals surface area contributed by atoms with Crippen LogP contribution < -0.4 is 10.6 Å². The van der Waals surface area contributed by atoms with Crippen LogP contribution in [0.25, 0.3) is 0 Å². The molecule has 0 fully saturated rings. The monoisotopic (exact) mass is 246 g/mol. The van der Waals surface area contributed by atoms with Crippen LogP contribution in [0.1, 0.15) is 27.2 Å². The molecule has 1 atom stereocenters. The lowest BCUT2D eigenvalue weighted by atomic mass is 10.1. The third-order valence-corrected chi connectivity index (χ3v) is 2.33. The summed E-state index contributed by atoms with van der Waals surface area (Å²) in [6, 6.07) is -0.234. The van der Waals surface area contributed by atoms with Gasteiger partial charge in [0.15, 0.2) is 0 Å². The van der Waals surface area contributed by atoms with Crippen molar-refractivity contribution in [3.63, 3.8) is 0 Å². The van der Waals surface area contributed by atoms with Crippen molar-refractivity contribution in [3.8, 4) is 0 Å². The van der Waals surface area contributed by atoms with Crippen LogP contribution in [0.15, 0.2) is 0 Å². The largest absolute Gasteiger partial charge is 0.385 e. The molecule has 0 aromatic heterocycles. The van der Waals surface area contributed by atoms with Gasteiger partial charge in [-0.2, -0.15) is 0 Å². The SMILES string of the molecule is COCCCNC(=O)C(C)NC(C)(C)COC. The predicted octanol–water partition coefficient (Wildman–Crippen LogP) is 0.542. The van der Waals surface area contributed by atoms with Gasteiger partial charge in [0.25, 0.3) is 0 Å². The second-order valence-corrected chi connectivity index (χ2v) is 4.82. The average molecular weight is 246 g/mol. The minimum Gasteiger partial charge on any atom is -0.385 e. The van der Waals surface area contributed by atoms with E-state index in [0.717, 1.165) is 6.42 Å². The Balaban J connectivity index is 3.88. The molecule has 0 bridgehead atoms. The van der Waals surface area contributed by atoms with Crippen molar-refractivity contribution in [2.45, 2.75) is 38.8 Å². The van der Waals surface area contributed by atoms with E-state index in [0.29, 0.717) is 19.8 Å². The summed E-state index contributed by atoms with van der Waals surface area (Å²) in [6.07, 6.45) is 0.830. The van der Waals surface area contributed by atoms with Gasteiger partial charge in [0.1, 0.15) is 0 Å². The summed E-state index contributed by atoms with van der Waals surface area (Å²) in [5, 5.41) is 6.09. The molecule has 102 valence electrons. The number of rotatable bonds is 9. The van der Waals surface area contributed by atoms with Gasteiger partial charge < -0.3 is 14.8 Å². The smallest absolute Gasteiger partial charge is 0.236 e. The molecule has 1 amide bonds. The van der Waals surface area contributed by atoms with Gasteiger partial charge in [0.2, 0.25) is 5.91 Å². The van der Waals surface area contributed by atoms with Crippen LogP contribution in [0.4, 0.5) is 0 Å². The first kappa shape index (κ1) is 16.4. The first-order chi connectivity index (χ1) is 7.93. The quantitative estimate of drug-likeness (QED) is 0.583. The molecular formula is C12H26N2O3. The molecule has 1 unspecified atom stereocenters. The zero-order valence-electron chi connectivity index (χ0n) is 11.6. The first-order valence-corrected chi connectivity index (χ1v) is 5.96. The van der Waals surface area contributed by atoms with E-state index in [-0.39, 0.29) is 17.5 Å². The highest BCUT2D eigenvalue weighted by atomic mass is 16.5. The lowest BCUT2D eigenvalue weighted by Crippen LogP contribution is -2.53. The molecule has 2 N–H and O–H groups in total. The van der Waals surface area contributed by atoms with Gasteiger partial charge in [-0.25, -0.2) is 0 Å². The van der Waals surface area contributed by atoms with Crippen molar-refractivity contribution in [2.24, 2.45) is 0 Å². The maximum atomic E-state index is 11.7. The Hall–Kier alpha value is -0.650. The van der Waals surface area contributed by atoms with Gasteiger partial charge in [-0.05, 0) is 27.2 Å². The Bertz CT molecular complexity index is 220. The molecule has 17 heavy (non-hydrogen) atoms. The predicted molar refractivity (Wildman–Crippen MR) is 68.1 cm³/mol. The average Bonchev–Trinajstić information content (AvgIpc) is 2.23. The van der Waals surface area contributed by atoms with Crippen LogP contribution in [0.2, 0.25) is 0 Å². The molecule has 0 radical (unpaired) electrons. The fourth-order valence-electron chi connectivity index (χ4n) is 1.64. The normalized spacial score (nSPS) is 13.5. The zero-order valence-corrected chi connectivity index (χ0v) is 11.6. The third-order valence-electron chi connectivity index (χ3n) is 2.33. The fourth-order valence-corrected chi connectivity index (χ4v) is 1.64. The maximum Gasteiger partial charge on any atom is 0.236 e. The molecule has 0 saturated carbocycles. The summed E-state index contributed by atoms with van der Waals surface area (Å²) in [4.78, 5) is 11.7. The topological polar surface area (TPSA) is 59.6 Å². The van der Waals surface area contributed by atoms with Crippen LogP contribution in [-0.2, 0) is 14.3 Å². The Kier molecular flexibility index (Phi) is 8.12. The lowest BCUT2D eigenvalue weighted by Gasteiger charge is -2.28. The number of hydrogen-bond donors (Lipinski definition) is 2. The Morgan fingerprint density at radius 2 is 1.94 bits per heavy atom. The number of amides is 1. The minimum atomic E-state index is -0.234. The summed E-state index contributed by atoms with van der Waals surface area (Å²) < 4.78 is 10.0. The van der Waals surface area contributed by atoms with E-state index < -0.39 is 0 Å². The lowest BCUT2D eigenvalue weighted by molar-refractivity contribution is -0.123. The summed E-state index contributed by atoms with van der Waals surface area (Å²) in [6.45, 7) is 7.73. The summed E-state index contributed by atoms with van der Waals surface area (Å²) in [5.74, 6) is 0.00489. The fraction of sp³-hybridized carbons (Fsp3) is 0.917. The highest BCUT2D eigenvalue weighted by molar-refractivity contribution is 5.81. The van der Waals surface area contributed by atoms with E-state index in [9.17, 15) is 4.79 Å². The van der Waals surface area contributed by atoms with Crippen molar-refractivity contribution in [1.82, 2.24) is 10.6 Å². The van der Waals surface area contributed by atoms with Crippen molar-refractivity contribution >= 4 is 5.91 Å². The van der Waals surface area contributed by atoms with E-state index in [2.05, 4.69) is 10.6 Å². The molecule has 0 aliphatic rings. The van der Waals surface area contributed by atoms with Crippen molar-refractivity contribution in [1.29, 1.82) is 0 Å². The highest BCUT2D eigenvalue weighted by Crippen LogP contribution is 2.03. The van der Waals surface area contributed by atoms with Crippen LogP contribution in [0.3, 0.4) is 0 Å². The number of methoxy groups -OCH3 is 2. The molecule has 5 heteroatoms. The number of carbonyl (C=O) groups excluding carboxylic acids is 1. The van der Waals surface area contributed by atoms with Gasteiger partial charge in [-0.1, -0.05) is 0 Å². The van der Waals surface area contributed by atoms with Gasteiger partial charge >= 0.3 is 0 Å². The Morgan fingerprint density at radius 3 is 2.47 bits per heavy atom. The van der Waals surface area contributed by atoms with Crippen molar-refractivity contribution < 1.29 is 14.3 Å². The van der Waals surface area contributed by atoms with Crippen LogP contribution in [0.5, 0.6) is 0 Å². The number of ether oxygens (including phenoxy) is 2. The molecule has 0 saturated heterocycles. The summed E-state index contributed by atoms with van der Waals surface area (Å²) in [7, 11) is 3.30. The maximum absolute atomic E-state index is 11.7. The molecule has 0 heterocycles. The van der Waals surface area contributed by atoms with E-state index >= 15 is 0 Å². The van der Waals surface area contributed by atoms with E-state index in [1.165, 1.54) is 0 Å². The second kappa shape index (κ2) is 8.44. The summed E-state index contributed by atoms with van der Waals surface area (Å²) >= 11 is 0. The van der Waals surface area contributed by atoms with Crippen LogP contribution in [0, 0.1) is 0 Å². The van der Waals surface area contributed by atoms with E-state index in [1.54, 1.807) is 14.2 Å². The molecule has 0 rings (SSSR count). The number of nitrogens with one attached hydrogen (secondary N) is 2. The molecule has 0 aliphatic carbocycles. The third kappa shape index (κ3) is 8.12. The molecule has 0 aliphatic heterocycles. The Morgan fingerprint density at radius 1 is 1.29 bits per heavy atom. The summed E-state index contributed by atoms with van der Waals surface area (Å²) in [5.41, 5.74) is -0.210. The molecule has 0 spiro atoms. The molecule has 5 nitrogen and oxygen atoms in total. The van der Waals surface area contributed by atoms with Gasteiger partial charge in [0.05, 0.1) is 12.6 Å².